The SMILES string of the molecule is COC(=CC=Cc1cc2cc(Cl)ccc2o1)C(=O)O. The molecule has 0 saturated heterocycles. The Morgan fingerprint density at radius 2 is 2.21 bits per heavy atom. The number of carbonyl (C=O) groups is 1. The normalized spacial score (nSPS) is 12.2. The monoisotopic (exact) mass is 278 g/mol. The Kier molecular flexibility index (Phi) is 3.92. The number of rotatable bonds is 4. The Hall–Kier alpha value is -2.20. The maximum absolute atomic E-state index is 10.7. The molecule has 4 nitrogen and oxygen atoms in total. The first-order valence-electron chi connectivity index (χ1n) is 5.45. The van der Waals surface area contributed by atoms with Gasteiger partial charge in [0.15, 0.2) is 0 Å². The average molecular weight is 279 g/mol. The molecular weight excluding hydrogens is 268 g/mol. The number of methoxy groups -OCH3 is 1. The van der Waals surface area contributed by atoms with Crippen molar-refractivity contribution >= 4 is 34.6 Å². The molecule has 98 valence electrons. The van der Waals surface area contributed by atoms with Crippen molar-refractivity contribution in [3.63, 3.8) is 0 Å². The molecule has 1 aromatic heterocycles. The van der Waals surface area contributed by atoms with Crippen molar-refractivity contribution in [2.45, 2.75) is 0 Å². The van der Waals surface area contributed by atoms with Gasteiger partial charge in [-0.1, -0.05) is 17.7 Å². The number of hydrogen-bond donors (Lipinski definition) is 1. The average Bonchev–Trinajstić information content (AvgIpc) is 2.75. The molecular formula is C14H11ClO4. The van der Waals surface area contributed by atoms with Gasteiger partial charge < -0.3 is 14.3 Å². The third-order valence-corrected chi connectivity index (χ3v) is 2.67. The Balaban J connectivity index is 2.24. The van der Waals surface area contributed by atoms with Gasteiger partial charge in [0, 0.05) is 10.4 Å². The summed E-state index contributed by atoms with van der Waals surface area (Å²) in [7, 11) is 1.30. The van der Waals surface area contributed by atoms with Crippen molar-refractivity contribution in [1.82, 2.24) is 0 Å². The molecule has 2 aromatic rings. The number of carboxylic acids is 1. The van der Waals surface area contributed by atoms with Crippen molar-refractivity contribution in [2.75, 3.05) is 7.11 Å². The van der Waals surface area contributed by atoms with Crippen LogP contribution in [0.1, 0.15) is 5.76 Å². The molecule has 0 aliphatic carbocycles. The highest BCUT2D eigenvalue weighted by molar-refractivity contribution is 6.31. The molecule has 0 fully saturated rings. The van der Waals surface area contributed by atoms with Gasteiger partial charge in [-0.25, -0.2) is 4.79 Å². The minimum atomic E-state index is -1.12. The van der Waals surface area contributed by atoms with Gasteiger partial charge >= 0.3 is 5.97 Å². The van der Waals surface area contributed by atoms with Gasteiger partial charge in [0.25, 0.3) is 0 Å². The van der Waals surface area contributed by atoms with Crippen LogP contribution in [0, 0.1) is 0 Å². The number of allylic oxidation sites excluding steroid dienone is 2. The summed E-state index contributed by atoms with van der Waals surface area (Å²) in [5.41, 5.74) is 0.721. The van der Waals surface area contributed by atoms with Crippen molar-refractivity contribution in [2.24, 2.45) is 0 Å². The van der Waals surface area contributed by atoms with Crippen LogP contribution in [0.5, 0.6) is 0 Å². The van der Waals surface area contributed by atoms with E-state index in [4.69, 9.17) is 21.1 Å². The highest BCUT2D eigenvalue weighted by atomic mass is 35.5. The highest BCUT2D eigenvalue weighted by Crippen LogP contribution is 2.23. The van der Waals surface area contributed by atoms with Crippen LogP contribution in [-0.2, 0) is 9.53 Å². The predicted octanol–water partition coefficient (Wildman–Crippen LogP) is 3.71. The van der Waals surface area contributed by atoms with Gasteiger partial charge in [0.2, 0.25) is 5.76 Å². The van der Waals surface area contributed by atoms with Gasteiger partial charge in [-0.2, -0.15) is 0 Å². The smallest absolute Gasteiger partial charge is 0.371 e. The molecule has 0 atom stereocenters. The highest BCUT2D eigenvalue weighted by Gasteiger charge is 2.04. The fourth-order valence-corrected chi connectivity index (χ4v) is 1.75. The molecule has 0 spiro atoms. The lowest BCUT2D eigenvalue weighted by Gasteiger charge is -1.96. The molecule has 5 heteroatoms. The largest absolute Gasteiger partial charge is 0.490 e. The van der Waals surface area contributed by atoms with Crippen LogP contribution in [-0.4, -0.2) is 18.2 Å². The topological polar surface area (TPSA) is 59.7 Å². The maximum atomic E-state index is 10.7. The zero-order chi connectivity index (χ0) is 13.8. The van der Waals surface area contributed by atoms with E-state index in [0.717, 1.165) is 11.0 Å². The molecule has 0 bridgehead atoms. The first-order chi connectivity index (χ1) is 9.10. The summed E-state index contributed by atoms with van der Waals surface area (Å²) in [6.07, 6.45) is 4.55. The summed E-state index contributed by atoms with van der Waals surface area (Å²) in [6.45, 7) is 0. The van der Waals surface area contributed by atoms with Crippen LogP contribution in [0.3, 0.4) is 0 Å². The number of aliphatic carboxylic acids is 1. The summed E-state index contributed by atoms with van der Waals surface area (Å²) in [4.78, 5) is 10.7. The molecule has 0 saturated carbocycles. The molecule has 0 radical (unpaired) electrons. The number of furan rings is 1. The molecule has 0 aliphatic rings. The Labute approximate surface area is 114 Å². The molecule has 0 amide bonds. The number of carboxylic acid groups (broad SMARTS) is 1. The van der Waals surface area contributed by atoms with E-state index in [9.17, 15) is 4.79 Å². The fraction of sp³-hybridized carbons (Fsp3) is 0.0714. The van der Waals surface area contributed by atoms with E-state index in [1.165, 1.54) is 13.2 Å². The summed E-state index contributed by atoms with van der Waals surface area (Å²) in [6, 6.07) is 7.14. The number of ether oxygens (including phenoxy) is 1. The summed E-state index contributed by atoms with van der Waals surface area (Å²) in [5.74, 6) is -0.659. The zero-order valence-electron chi connectivity index (χ0n) is 10.1. The van der Waals surface area contributed by atoms with E-state index >= 15 is 0 Å². The van der Waals surface area contributed by atoms with E-state index in [-0.39, 0.29) is 5.76 Å². The van der Waals surface area contributed by atoms with Crippen LogP contribution in [0.2, 0.25) is 5.02 Å². The number of halogens is 1. The number of hydrogen-bond acceptors (Lipinski definition) is 3. The first kappa shape index (κ1) is 13.2. The maximum Gasteiger partial charge on any atom is 0.371 e. The lowest BCUT2D eigenvalue weighted by Crippen LogP contribution is -2.01. The van der Waals surface area contributed by atoms with Gasteiger partial charge in [-0.3, -0.25) is 0 Å². The van der Waals surface area contributed by atoms with E-state index in [2.05, 4.69) is 4.74 Å². The van der Waals surface area contributed by atoms with Gasteiger partial charge in [-0.15, -0.1) is 0 Å². The van der Waals surface area contributed by atoms with E-state index in [1.54, 1.807) is 30.4 Å². The van der Waals surface area contributed by atoms with E-state index < -0.39 is 5.97 Å². The second kappa shape index (κ2) is 5.63. The van der Waals surface area contributed by atoms with Crippen molar-refractivity contribution < 1.29 is 19.1 Å². The van der Waals surface area contributed by atoms with Crippen molar-refractivity contribution in [3.8, 4) is 0 Å². The Bertz CT molecular complexity index is 667. The third kappa shape index (κ3) is 3.17. The first-order valence-corrected chi connectivity index (χ1v) is 5.82. The Morgan fingerprint density at radius 1 is 1.42 bits per heavy atom. The minimum absolute atomic E-state index is 0.143. The third-order valence-electron chi connectivity index (χ3n) is 2.44. The molecule has 0 unspecified atom stereocenters. The molecule has 1 heterocycles. The summed E-state index contributed by atoms with van der Waals surface area (Å²) >= 11 is 5.88. The zero-order valence-corrected chi connectivity index (χ0v) is 10.8. The molecule has 1 aromatic carbocycles. The second-order valence-electron chi connectivity index (χ2n) is 3.73. The molecule has 19 heavy (non-hydrogen) atoms. The van der Waals surface area contributed by atoms with E-state index in [1.807, 2.05) is 6.07 Å². The lowest BCUT2D eigenvalue weighted by atomic mass is 10.2. The molecule has 2 rings (SSSR count). The van der Waals surface area contributed by atoms with Gasteiger partial charge in [0.05, 0.1) is 7.11 Å². The predicted molar refractivity (Wildman–Crippen MR) is 73.0 cm³/mol. The van der Waals surface area contributed by atoms with Gasteiger partial charge in [-0.05, 0) is 36.4 Å². The Morgan fingerprint density at radius 3 is 2.89 bits per heavy atom. The van der Waals surface area contributed by atoms with Crippen molar-refractivity contribution in [3.05, 3.63) is 53.0 Å². The molecule has 0 aliphatic heterocycles. The number of benzene rings is 1. The van der Waals surface area contributed by atoms with Crippen LogP contribution >= 0.6 is 11.6 Å². The van der Waals surface area contributed by atoms with Crippen LogP contribution in [0.15, 0.2) is 46.6 Å². The summed E-state index contributed by atoms with van der Waals surface area (Å²) in [5, 5.41) is 10.3. The summed E-state index contributed by atoms with van der Waals surface area (Å²) < 4.78 is 10.2. The quantitative estimate of drug-likeness (QED) is 0.526. The number of fused-ring (bicyclic) bond motifs is 1. The van der Waals surface area contributed by atoms with Crippen LogP contribution in [0.25, 0.3) is 17.0 Å². The van der Waals surface area contributed by atoms with Crippen LogP contribution in [0.4, 0.5) is 0 Å². The molecule has 1 N–H and O–H groups in total. The fourth-order valence-electron chi connectivity index (χ4n) is 1.57. The van der Waals surface area contributed by atoms with Crippen LogP contribution < -0.4 is 0 Å². The second-order valence-corrected chi connectivity index (χ2v) is 4.17. The van der Waals surface area contributed by atoms with E-state index in [0.29, 0.717) is 10.8 Å². The standard InChI is InChI=1S/C14H11ClO4/c1-18-13(14(16)17)4-2-3-11-8-9-7-10(15)5-6-12(9)19-11/h2-8H,1H3,(H,16,17). The van der Waals surface area contributed by atoms with Crippen molar-refractivity contribution in [1.29, 1.82) is 0 Å². The minimum Gasteiger partial charge on any atom is -0.490 e. The van der Waals surface area contributed by atoms with Gasteiger partial charge in [0.1, 0.15) is 11.3 Å². The lowest BCUT2D eigenvalue weighted by molar-refractivity contribution is -0.136.